The van der Waals surface area contributed by atoms with Crippen LogP contribution in [0.15, 0.2) is 53.9 Å². The van der Waals surface area contributed by atoms with Crippen molar-refractivity contribution in [3.05, 3.63) is 69.6 Å². The number of anilines is 2. The van der Waals surface area contributed by atoms with E-state index >= 15 is 0 Å². The van der Waals surface area contributed by atoms with Crippen LogP contribution in [-0.4, -0.2) is 31.6 Å². The molecule has 2 aromatic rings. The summed E-state index contributed by atoms with van der Waals surface area (Å²) in [5.74, 6) is 0. The van der Waals surface area contributed by atoms with E-state index in [0.717, 1.165) is 11.5 Å². The van der Waals surface area contributed by atoms with Crippen LogP contribution in [0.5, 0.6) is 0 Å². The molecule has 0 spiro atoms. The van der Waals surface area contributed by atoms with Gasteiger partial charge in [0.05, 0.1) is 28.3 Å². The van der Waals surface area contributed by atoms with Gasteiger partial charge < -0.3 is 10.4 Å². The fraction of sp³-hybridized carbons (Fsp3) is 0.125. The molecule has 132 valence electrons. The molecule has 0 saturated heterocycles. The summed E-state index contributed by atoms with van der Waals surface area (Å²) >= 11 is 0. The summed E-state index contributed by atoms with van der Waals surface area (Å²) < 4.78 is 26.8. The lowest BCUT2D eigenvalue weighted by atomic mass is 10.2. The Hall–Kier alpha value is -2.91. The molecule has 0 atom stereocenters. The predicted molar refractivity (Wildman–Crippen MR) is 96.7 cm³/mol. The van der Waals surface area contributed by atoms with Crippen LogP contribution < -0.4 is 10.0 Å². The van der Waals surface area contributed by atoms with Crippen LogP contribution in [0.2, 0.25) is 0 Å². The summed E-state index contributed by atoms with van der Waals surface area (Å²) in [7, 11) is -3.88. The fourth-order valence-electron chi connectivity index (χ4n) is 1.99. The van der Waals surface area contributed by atoms with Gasteiger partial charge in [-0.2, -0.15) is 0 Å². The molecule has 0 radical (unpaired) electrons. The zero-order valence-electron chi connectivity index (χ0n) is 13.1. The van der Waals surface area contributed by atoms with Gasteiger partial charge in [0.2, 0.25) is 0 Å². The highest BCUT2D eigenvalue weighted by Gasteiger charge is 2.14. The number of hydrogen-bond donors (Lipinski definition) is 3. The van der Waals surface area contributed by atoms with Crippen molar-refractivity contribution in [1.29, 1.82) is 0 Å². The molecule has 0 aromatic heterocycles. The van der Waals surface area contributed by atoms with Crippen molar-refractivity contribution in [3.8, 4) is 0 Å². The maximum Gasteiger partial charge on any atom is 0.271 e. The third-order valence-electron chi connectivity index (χ3n) is 3.13. The molecule has 3 N–H and O–H groups in total. The molecule has 9 heteroatoms. The van der Waals surface area contributed by atoms with Gasteiger partial charge in [0, 0.05) is 18.7 Å². The molecule has 0 saturated carbocycles. The molecule has 2 aromatic carbocycles. The van der Waals surface area contributed by atoms with E-state index in [1.165, 1.54) is 18.2 Å². The Balaban J connectivity index is 2.27. The predicted octanol–water partition coefficient (Wildman–Crippen LogP) is 2.41. The zero-order chi connectivity index (χ0) is 18.3. The molecule has 0 amide bonds. The van der Waals surface area contributed by atoms with E-state index in [1.54, 1.807) is 24.3 Å². The zero-order valence-corrected chi connectivity index (χ0v) is 13.9. The molecule has 0 heterocycles. The number of rotatable bonds is 8. The van der Waals surface area contributed by atoms with Crippen molar-refractivity contribution in [2.45, 2.75) is 0 Å². The summed E-state index contributed by atoms with van der Waals surface area (Å²) in [4.78, 5) is 10.3. The van der Waals surface area contributed by atoms with E-state index < -0.39 is 14.9 Å². The van der Waals surface area contributed by atoms with Crippen molar-refractivity contribution >= 4 is 33.2 Å². The van der Waals surface area contributed by atoms with Crippen molar-refractivity contribution in [2.24, 2.45) is 0 Å². The minimum absolute atomic E-state index is 0.0281. The van der Waals surface area contributed by atoms with E-state index in [4.69, 9.17) is 5.11 Å². The summed E-state index contributed by atoms with van der Waals surface area (Å²) in [5, 5.41) is 23.6. The number of nitrogens with zero attached hydrogens (tertiary/aromatic N) is 1. The van der Waals surface area contributed by atoms with Crippen LogP contribution >= 0.6 is 0 Å². The monoisotopic (exact) mass is 363 g/mol. The smallest absolute Gasteiger partial charge is 0.271 e. The minimum Gasteiger partial charge on any atom is -0.395 e. The lowest BCUT2D eigenvalue weighted by Gasteiger charge is -2.12. The number of benzene rings is 2. The first-order valence-electron chi connectivity index (χ1n) is 7.30. The summed E-state index contributed by atoms with van der Waals surface area (Å²) in [6.45, 7) is 0.00345. The van der Waals surface area contributed by atoms with Gasteiger partial charge in [-0.15, -0.1) is 0 Å². The number of non-ortho nitro benzene ring substituents is 1. The first-order valence-corrected chi connectivity index (χ1v) is 8.85. The van der Waals surface area contributed by atoms with Crippen LogP contribution in [0, 0.1) is 10.1 Å². The SMILES string of the molecule is O=[N+]([O-])c1ccc(NCCO)c(NS(=O)(=O)/C=C/c2ccccc2)c1. The third-order valence-corrected chi connectivity index (χ3v) is 4.13. The topological polar surface area (TPSA) is 122 Å². The van der Waals surface area contributed by atoms with Gasteiger partial charge in [0.15, 0.2) is 0 Å². The second kappa shape index (κ2) is 8.27. The number of nitro benzene ring substituents is 1. The lowest BCUT2D eigenvalue weighted by molar-refractivity contribution is -0.384. The van der Waals surface area contributed by atoms with Gasteiger partial charge in [-0.25, -0.2) is 8.42 Å². The third kappa shape index (κ3) is 5.59. The van der Waals surface area contributed by atoms with Crippen molar-refractivity contribution in [1.82, 2.24) is 0 Å². The number of sulfonamides is 1. The molecular formula is C16H17N3O5S. The van der Waals surface area contributed by atoms with Gasteiger partial charge >= 0.3 is 0 Å². The molecule has 0 aliphatic carbocycles. The Bertz CT molecular complexity index is 867. The lowest BCUT2D eigenvalue weighted by Crippen LogP contribution is -2.13. The van der Waals surface area contributed by atoms with Crippen LogP contribution in [0.3, 0.4) is 0 Å². The molecule has 0 unspecified atom stereocenters. The average Bonchev–Trinajstić information content (AvgIpc) is 2.59. The number of aliphatic hydroxyl groups excluding tert-OH is 1. The van der Waals surface area contributed by atoms with Crippen molar-refractivity contribution < 1.29 is 18.4 Å². The van der Waals surface area contributed by atoms with Gasteiger partial charge in [-0.05, 0) is 17.7 Å². The standard InChI is InChI=1S/C16H17N3O5S/c20-10-9-17-15-7-6-14(19(21)22)12-16(15)18-25(23,24)11-8-13-4-2-1-3-5-13/h1-8,11-12,17-18,20H,9-10H2/b11-8+. The van der Waals surface area contributed by atoms with E-state index in [1.807, 2.05) is 6.07 Å². The second-order valence-corrected chi connectivity index (χ2v) is 6.56. The molecule has 0 fully saturated rings. The maximum atomic E-state index is 12.2. The largest absolute Gasteiger partial charge is 0.395 e. The molecule has 0 bridgehead atoms. The van der Waals surface area contributed by atoms with E-state index in [2.05, 4.69) is 10.0 Å². The molecule has 25 heavy (non-hydrogen) atoms. The van der Waals surface area contributed by atoms with Gasteiger partial charge in [0.1, 0.15) is 0 Å². The highest BCUT2D eigenvalue weighted by Crippen LogP contribution is 2.28. The summed E-state index contributed by atoms with van der Waals surface area (Å²) in [6, 6.07) is 12.6. The first-order chi connectivity index (χ1) is 11.9. The molecule has 0 aliphatic rings. The second-order valence-electron chi connectivity index (χ2n) is 5.00. The number of hydrogen-bond acceptors (Lipinski definition) is 6. The average molecular weight is 363 g/mol. The Labute approximate surface area is 145 Å². The highest BCUT2D eigenvalue weighted by molar-refractivity contribution is 7.95. The number of nitro groups is 1. The highest BCUT2D eigenvalue weighted by atomic mass is 32.2. The van der Waals surface area contributed by atoms with Gasteiger partial charge in [-0.1, -0.05) is 30.3 Å². The minimum atomic E-state index is -3.88. The van der Waals surface area contributed by atoms with Crippen LogP contribution in [0.25, 0.3) is 6.08 Å². The Morgan fingerprint density at radius 3 is 2.48 bits per heavy atom. The Morgan fingerprint density at radius 1 is 1.12 bits per heavy atom. The molecule has 2 rings (SSSR count). The van der Waals surface area contributed by atoms with E-state index in [9.17, 15) is 18.5 Å². The van der Waals surface area contributed by atoms with Crippen LogP contribution in [0.1, 0.15) is 5.56 Å². The van der Waals surface area contributed by atoms with E-state index in [0.29, 0.717) is 11.3 Å². The number of aliphatic hydroxyl groups is 1. The van der Waals surface area contributed by atoms with Crippen LogP contribution in [0.4, 0.5) is 17.1 Å². The number of nitrogens with one attached hydrogen (secondary N) is 2. The Morgan fingerprint density at radius 2 is 1.84 bits per heavy atom. The van der Waals surface area contributed by atoms with Crippen molar-refractivity contribution in [2.75, 3.05) is 23.2 Å². The molecule has 0 aliphatic heterocycles. The summed E-state index contributed by atoms with van der Waals surface area (Å²) in [6.07, 6.45) is 1.42. The van der Waals surface area contributed by atoms with Crippen molar-refractivity contribution in [3.63, 3.8) is 0 Å². The summed E-state index contributed by atoms with van der Waals surface area (Å²) in [5.41, 5.74) is 0.807. The maximum absolute atomic E-state index is 12.2. The Kier molecular flexibility index (Phi) is 6.09. The van der Waals surface area contributed by atoms with Crippen LogP contribution in [-0.2, 0) is 10.0 Å². The normalized spacial score (nSPS) is 11.4. The van der Waals surface area contributed by atoms with Gasteiger partial charge in [-0.3, -0.25) is 14.8 Å². The first kappa shape index (κ1) is 18.4. The molecule has 8 nitrogen and oxygen atoms in total. The quantitative estimate of drug-likeness (QED) is 0.489. The van der Waals surface area contributed by atoms with Gasteiger partial charge in [0.25, 0.3) is 15.7 Å². The fourth-order valence-corrected chi connectivity index (χ4v) is 2.87. The van der Waals surface area contributed by atoms with E-state index in [-0.39, 0.29) is 24.5 Å². The molecular weight excluding hydrogens is 346 g/mol.